The van der Waals surface area contributed by atoms with Crippen LogP contribution in [-0.4, -0.2) is 66.9 Å². The van der Waals surface area contributed by atoms with Crippen molar-refractivity contribution in [3.05, 3.63) is 77.6 Å². The molecule has 188 valence electrons. The average Bonchev–Trinajstić information content (AvgIpc) is 3.54. The summed E-state index contributed by atoms with van der Waals surface area (Å²) >= 11 is 0. The van der Waals surface area contributed by atoms with Gasteiger partial charge in [-0.05, 0) is 54.6 Å². The Morgan fingerprint density at radius 1 is 1.00 bits per heavy atom. The van der Waals surface area contributed by atoms with Gasteiger partial charge in [0.1, 0.15) is 23.8 Å². The first-order valence-corrected chi connectivity index (χ1v) is 11.5. The van der Waals surface area contributed by atoms with Crippen LogP contribution >= 0.6 is 0 Å². The van der Waals surface area contributed by atoms with Crippen molar-refractivity contribution in [2.75, 3.05) is 34.9 Å². The molecule has 0 fully saturated rings. The molecule has 0 radical (unpaired) electrons. The normalized spacial score (nSPS) is 14.9. The van der Waals surface area contributed by atoms with Gasteiger partial charge < -0.3 is 23.7 Å². The first kappa shape index (κ1) is 24.8. The van der Waals surface area contributed by atoms with Crippen molar-refractivity contribution in [2.45, 2.75) is 12.5 Å². The van der Waals surface area contributed by atoms with Crippen LogP contribution in [0, 0.1) is 0 Å². The number of aromatic nitrogens is 1. The van der Waals surface area contributed by atoms with E-state index in [0.717, 1.165) is 17.0 Å². The van der Waals surface area contributed by atoms with Crippen LogP contribution in [0.15, 0.2) is 65.9 Å². The summed E-state index contributed by atoms with van der Waals surface area (Å²) in [5.74, 6) is 1.35. The summed E-state index contributed by atoms with van der Waals surface area (Å²) in [6.07, 6.45) is 2.42. The maximum Gasteiger partial charge on any atom is 0.262 e. The average molecular weight is 491 g/mol. The van der Waals surface area contributed by atoms with E-state index in [9.17, 15) is 9.59 Å². The summed E-state index contributed by atoms with van der Waals surface area (Å²) in [5, 5.41) is 6.17. The predicted molar refractivity (Wildman–Crippen MR) is 136 cm³/mol. The largest absolute Gasteiger partial charge is 0.497 e. The monoisotopic (exact) mass is 490 g/mol. The highest BCUT2D eigenvalue weighted by Crippen LogP contribution is 2.39. The van der Waals surface area contributed by atoms with Crippen molar-refractivity contribution in [2.24, 2.45) is 12.1 Å². The number of hydrogen-bond acceptors (Lipinski definition) is 6. The van der Waals surface area contributed by atoms with Crippen molar-refractivity contribution in [1.82, 2.24) is 14.5 Å². The third-order valence-corrected chi connectivity index (χ3v) is 6.26. The second kappa shape index (κ2) is 10.6. The number of ether oxygens (including phenoxy) is 3. The Bertz CT molecular complexity index is 1280. The third kappa shape index (κ3) is 4.91. The van der Waals surface area contributed by atoms with Crippen LogP contribution in [0.25, 0.3) is 0 Å². The summed E-state index contributed by atoms with van der Waals surface area (Å²) < 4.78 is 18.2. The van der Waals surface area contributed by atoms with Gasteiger partial charge in [-0.25, -0.2) is 5.01 Å². The summed E-state index contributed by atoms with van der Waals surface area (Å²) in [5.41, 5.74) is 2.93. The summed E-state index contributed by atoms with van der Waals surface area (Å²) in [4.78, 5) is 27.9. The molecule has 2 heterocycles. The Labute approximate surface area is 210 Å². The van der Waals surface area contributed by atoms with Crippen LogP contribution in [0.1, 0.15) is 34.1 Å². The van der Waals surface area contributed by atoms with E-state index < -0.39 is 6.04 Å². The van der Waals surface area contributed by atoms with Crippen molar-refractivity contribution in [1.29, 1.82) is 0 Å². The summed E-state index contributed by atoms with van der Waals surface area (Å²) in [6.45, 7) is -0.141. The molecule has 9 nitrogen and oxygen atoms in total. The highest BCUT2D eigenvalue weighted by molar-refractivity contribution is 6.03. The quantitative estimate of drug-likeness (QED) is 0.483. The Kier molecular flexibility index (Phi) is 7.28. The lowest BCUT2D eigenvalue weighted by Crippen LogP contribution is -2.39. The molecule has 1 atom stereocenters. The molecule has 0 N–H and O–H groups in total. The fourth-order valence-electron chi connectivity index (χ4n) is 4.30. The lowest BCUT2D eigenvalue weighted by molar-refractivity contribution is -0.133. The van der Waals surface area contributed by atoms with Gasteiger partial charge in [0.25, 0.3) is 11.8 Å². The number of rotatable bonds is 8. The maximum atomic E-state index is 13.6. The van der Waals surface area contributed by atoms with Crippen LogP contribution < -0.4 is 14.2 Å². The Morgan fingerprint density at radius 2 is 1.69 bits per heavy atom. The third-order valence-electron chi connectivity index (χ3n) is 6.26. The van der Waals surface area contributed by atoms with E-state index in [0.29, 0.717) is 29.2 Å². The van der Waals surface area contributed by atoms with Gasteiger partial charge in [0, 0.05) is 37.8 Å². The second-order valence-corrected chi connectivity index (χ2v) is 8.51. The van der Waals surface area contributed by atoms with E-state index in [1.807, 2.05) is 48.1 Å². The van der Waals surface area contributed by atoms with E-state index in [1.54, 1.807) is 52.6 Å². The number of hydrazone groups is 1. The SMILES string of the molecule is COc1ccc(C(=O)N(C)CC(=O)N2N=C(c3cccn3C)C[C@@H]2c2cc(OC)ccc2OC)cc1. The molecule has 0 bridgehead atoms. The molecular weight excluding hydrogens is 460 g/mol. The number of nitrogens with zero attached hydrogens (tertiary/aromatic N) is 4. The minimum Gasteiger partial charge on any atom is -0.497 e. The fourth-order valence-corrected chi connectivity index (χ4v) is 4.30. The number of carbonyl (C=O) groups excluding carboxylic acids is 2. The summed E-state index contributed by atoms with van der Waals surface area (Å²) in [7, 11) is 8.28. The number of carbonyl (C=O) groups is 2. The minimum absolute atomic E-state index is 0.141. The van der Waals surface area contributed by atoms with E-state index in [2.05, 4.69) is 0 Å². The smallest absolute Gasteiger partial charge is 0.262 e. The molecule has 1 aromatic heterocycles. The van der Waals surface area contributed by atoms with Gasteiger partial charge in [0.2, 0.25) is 0 Å². The molecular formula is C27H30N4O5. The molecule has 0 spiro atoms. The van der Waals surface area contributed by atoms with Gasteiger partial charge in [-0.1, -0.05) is 0 Å². The van der Waals surface area contributed by atoms with Gasteiger partial charge in [-0.3, -0.25) is 9.59 Å². The van der Waals surface area contributed by atoms with Crippen LogP contribution in [-0.2, 0) is 11.8 Å². The number of amides is 2. The minimum atomic E-state index is -0.420. The van der Waals surface area contributed by atoms with E-state index in [1.165, 1.54) is 9.91 Å². The highest BCUT2D eigenvalue weighted by Gasteiger charge is 2.36. The number of methoxy groups -OCH3 is 3. The van der Waals surface area contributed by atoms with Crippen LogP contribution in [0.3, 0.4) is 0 Å². The molecule has 0 aliphatic carbocycles. The Hall–Kier alpha value is -4.27. The molecule has 0 unspecified atom stereocenters. The predicted octanol–water partition coefficient (Wildman–Crippen LogP) is 3.50. The van der Waals surface area contributed by atoms with E-state index in [-0.39, 0.29) is 18.4 Å². The second-order valence-electron chi connectivity index (χ2n) is 8.51. The zero-order valence-electron chi connectivity index (χ0n) is 21.1. The zero-order chi connectivity index (χ0) is 25.8. The number of benzene rings is 2. The van der Waals surface area contributed by atoms with Gasteiger partial charge in [-0.2, -0.15) is 5.10 Å². The van der Waals surface area contributed by atoms with E-state index in [4.69, 9.17) is 19.3 Å². The number of likely N-dealkylation sites (N-methyl/N-ethyl adjacent to an activating group) is 1. The van der Waals surface area contributed by atoms with Crippen molar-refractivity contribution in [3.63, 3.8) is 0 Å². The van der Waals surface area contributed by atoms with Gasteiger partial charge in [-0.15, -0.1) is 0 Å². The molecule has 1 aliphatic heterocycles. The van der Waals surface area contributed by atoms with Crippen molar-refractivity contribution < 1.29 is 23.8 Å². The fraction of sp³-hybridized carbons (Fsp3) is 0.296. The molecule has 4 rings (SSSR count). The first-order valence-electron chi connectivity index (χ1n) is 11.5. The molecule has 3 aromatic rings. The molecule has 1 aliphatic rings. The van der Waals surface area contributed by atoms with Crippen LogP contribution in [0.2, 0.25) is 0 Å². The van der Waals surface area contributed by atoms with Crippen molar-refractivity contribution >= 4 is 17.5 Å². The molecule has 9 heteroatoms. The van der Waals surface area contributed by atoms with Crippen molar-refractivity contribution in [3.8, 4) is 17.2 Å². The molecule has 2 aromatic carbocycles. The van der Waals surface area contributed by atoms with Gasteiger partial charge in [0.05, 0.1) is 38.8 Å². The van der Waals surface area contributed by atoms with E-state index >= 15 is 0 Å². The van der Waals surface area contributed by atoms with Crippen LogP contribution in [0.4, 0.5) is 0 Å². The van der Waals surface area contributed by atoms with Crippen LogP contribution in [0.5, 0.6) is 17.2 Å². The molecule has 0 saturated heterocycles. The lowest BCUT2D eigenvalue weighted by Gasteiger charge is -2.26. The Morgan fingerprint density at radius 3 is 2.31 bits per heavy atom. The lowest BCUT2D eigenvalue weighted by atomic mass is 9.99. The number of aryl methyl sites for hydroxylation is 1. The van der Waals surface area contributed by atoms with Gasteiger partial charge in [0.15, 0.2) is 0 Å². The molecule has 2 amide bonds. The molecule has 36 heavy (non-hydrogen) atoms. The topological polar surface area (TPSA) is 85.6 Å². The summed E-state index contributed by atoms with van der Waals surface area (Å²) in [6, 6.07) is 15.7. The highest BCUT2D eigenvalue weighted by atomic mass is 16.5. The maximum absolute atomic E-state index is 13.6. The van der Waals surface area contributed by atoms with Gasteiger partial charge >= 0.3 is 0 Å². The Balaban J connectivity index is 1.63. The standard InChI is InChI=1S/C27H30N4O5/c1-29-14-6-7-23(29)22-16-24(21-15-20(35-4)12-13-25(21)36-5)31(28-22)26(32)17-30(2)27(33)18-8-10-19(34-3)11-9-18/h6-15,24H,16-17H2,1-5H3/t24-/m1/s1. The first-order chi connectivity index (χ1) is 17.4. The zero-order valence-corrected chi connectivity index (χ0v) is 21.1. The molecule has 0 saturated carbocycles. The number of hydrogen-bond donors (Lipinski definition) is 0.